The Morgan fingerprint density at radius 2 is 1.84 bits per heavy atom. The first-order valence-corrected chi connectivity index (χ1v) is 10.9. The maximum atomic E-state index is 14.2. The number of nitrogens with two attached hydrogens (primary N) is 1. The molecule has 7 nitrogen and oxygen atoms in total. The third kappa shape index (κ3) is 5.91. The lowest BCUT2D eigenvalue weighted by Gasteiger charge is -2.28. The average molecular weight is 396 g/mol. The van der Waals surface area contributed by atoms with Crippen LogP contribution in [0.4, 0.5) is 10.1 Å². The van der Waals surface area contributed by atoms with Crippen LogP contribution in [-0.4, -0.2) is 47.0 Å². The summed E-state index contributed by atoms with van der Waals surface area (Å²) in [5, 5.41) is 0. The third-order valence-corrected chi connectivity index (χ3v) is 6.87. The van der Waals surface area contributed by atoms with Gasteiger partial charge in [-0.1, -0.05) is 20.8 Å². The van der Waals surface area contributed by atoms with Crippen molar-refractivity contribution in [3.8, 4) is 0 Å². The van der Waals surface area contributed by atoms with Gasteiger partial charge in [0.15, 0.2) is 0 Å². The fraction of sp³-hybridized carbons (Fsp3) is 0.600. The quantitative estimate of drug-likeness (QED) is 0.660. The highest BCUT2D eigenvalue weighted by Crippen LogP contribution is 2.24. The minimum atomic E-state index is -3.91. The van der Waals surface area contributed by atoms with E-state index in [9.17, 15) is 21.2 Å². The lowest BCUT2D eigenvalue weighted by Crippen LogP contribution is -2.39. The number of benzene rings is 1. The van der Waals surface area contributed by atoms with E-state index in [0.717, 1.165) is 16.4 Å². The van der Waals surface area contributed by atoms with Gasteiger partial charge in [-0.15, -0.1) is 0 Å². The monoisotopic (exact) mass is 395 g/mol. The summed E-state index contributed by atoms with van der Waals surface area (Å²) in [7, 11) is -6.19. The summed E-state index contributed by atoms with van der Waals surface area (Å²) in [6, 6.07) is 3.09. The molecule has 0 heterocycles. The first kappa shape index (κ1) is 21.8. The van der Waals surface area contributed by atoms with Gasteiger partial charge in [0.25, 0.3) is 0 Å². The van der Waals surface area contributed by atoms with E-state index in [1.165, 1.54) is 13.1 Å². The van der Waals surface area contributed by atoms with Crippen LogP contribution in [0.25, 0.3) is 0 Å². The van der Waals surface area contributed by atoms with Crippen LogP contribution in [0.15, 0.2) is 23.1 Å². The van der Waals surface area contributed by atoms with Crippen molar-refractivity contribution in [3.63, 3.8) is 0 Å². The highest BCUT2D eigenvalue weighted by Gasteiger charge is 2.28. The average Bonchev–Trinajstić information content (AvgIpc) is 2.48. The molecule has 0 saturated carbocycles. The summed E-state index contributed by atoms with van der Waals surface area (Å²) in [5.74, 6) is -1.10. The molecule has 25 heavy (non-hydrogen) atoms. The van der Waals surface area contributed by atoms with Crippen LogP contribution in [0.2, 0.25) is 0 Å². The van der Waals surface area contributed by atoms with Crippen molar-refractivity contribution in [2.24, 2.45) is 11.1 Å². The summed E-state index contributed by atoms with van der Waals surface area (Å²) in [5.41, 5.74) is 4.90. The van der Waals surface area contributed by atoms with Crippen molar-refractivity contribution >= 4 is 25.7 Å². The maximum Gasteiger partial charge on any atom is 0.242 e. The van der Waals surface area contributed by atoms with E-state index in [-0.39, 0.29) is 22.9 Å². The summed E-state index contributed by atoms with van der Waals surface area (Å²) in [6.07, 6.45) is 0.380. The molecule has 1 aromatic carbocycles. The van der Waals surface area contributed by atoms with E-state index in [1.807, 2.05) is 13.8 Å². The Bertz CT molecular complexity index is 808. The Morgan fingerprint density at radius 3 is 2.32 bits per heavy atom. The van der Waals surface area contributed by atoms with Gasteiger partial charge in [-0.2, -0.15) is 0 Å². The fourth-order valence-electron chi connectivity index (χ4n) is 2.16. The van der Waals surface area contributed by atoms with Crippen LogP contribution >= 0.6 is 0 Å². The van der Waals surface area contributed by atoms with Gasteiger partial charge in [0.2, 0.25) is 20.0 Å². The molecule has 0 aliphatic rings. The number of rotatable bonds is 9. The van der Waals surface area contributed by atoms with Crippen molar-refractivity contribution < 1.29 is 21.2 Å². The molecule has 0 bridgehead atoms. The van der Waals surface area contributed by atoms with Crippen LogP contribution in [0.1, 0.15) is 27.2 Å². The summed E-state index contributed by atoms with van der Waals surface area (Å²) in [4.78, 5) is -0.251. The molecule has 0 aliphatic heterocycles. The summed E-state index contributed by atoms with van der Waals surface area (Å²) < 4.78 is 66.0. The minimum Gasteiger partial charge on any atom is -0.330 e. The summed E-state index contributed by atoms with van der Waals surface area (Å²) >= 11 is 0. The largest absolute Gasteiger partial charge is 0.330 e. The molecule has 3 N–H and O–H groups in total. The number of halogens is 1. The molecule has 144 valence electrons. The maximum absolute atomic E-state index is 14.2. The van der Waals surface area contributed by atoms with Crippen LogP contribution in [0.5, 0.6) is 0 Å². The number of hydrogen-bond acceptors (Lipinski definition) is 5. The number of nitrogens with one attached hydrogen (secondary N) is 1. The second-order valence-electron chi connectivity index (χ2n) is 6.69. The summed E-state index contributed by atoms with van der Waals surface area (Å²) in [6.45, 7) is 5.79. The van der Waals surface area contributed by atoms with Gasteiger partial charge in [-0.25, -0.2) is 25.5 Å². The molecule has 0 spiro atoms. The van der Waals surface area contributed by atoms with Crippen LogP contribution < -0.4 is 10.5 Å². The van der Waals surface area contributed by atoms with Crippen molar-refractivity contribution in [3.05, 3.63) is 24.0 Å². The Labute approximate surface area is 149 Å². The van der Waals surface area contributed by atoms with Crippen molar-refractivity contribution in [2.75, 3.05) is 30.6 Å². The fourth-order valence-corrected chi connectivity index (χ4v) is 4.67. The lowest BCUT2D eigenvalue weighted by molar-refractivity contribution is 0.292. The zero-order valence-electron chi connectivity index (χ0n) is 14.9. The third-order valence-electron chi connectivity index (χ3n) is 3.59. The number of anilines is 1. The highest BCUT2D eigenvalue weighted by atomic mass is 32.2. The van der Waals surface area contributed by atoms with Crippen molar-refractivity contribution in [1.82, 2.24) is 4.31 Å². The van der Waals surface area contributed by atoms with E-state index in [0.29, 0.717) is 13.0 Å². The standard InChI is InChI=1S/C15H26FN3O4S2/c1-5-8-24(20,21)18-14-7-6-12(9-13(14)16)25(22,23)19(4)11-15(2,3)10-17/h6-7,9,18H,5,8,10-11,17H2,1-4H3. The van der Waals surface area contributed by atoms with E-state index in [2.05, 4.69) is 4.72 Å². The highest BCUT2D eigenvalue weighted by molar-refractivity contribution is 7.92. The molecule has 0 saturated heterocycles. The van der Waals surface area contributed by atoms with Crippen molar-refractivity contribution in [2.45, 2.75) is 32.1 Å². The molecule has 0 aliphatic carbocycles. The second kappa shape index (κ2) is 7.98. The molecule has 1 aromatic rings. The molecule has 0 fully saturated rings. The van der Waals surface area contributed by atoms with Crippen LogP contribution in [0, 0.1) is 11.2 Å². The Balaban J connectivity index is 3.10. The lowest BCUT2D eigenvalue weighted by atomic mass is 9.94. The van der Waals surface area contributed by atoms with Gasteiger partial charge in [-0.3, -0.25) is 4.72 Å². The number of hydrogen-bond donors (Lipinski definition) is 2. The molecule has 0 aromatic heterocycles. The minimum absolute atomic E-state index is 0.149. The Kier molecular flexibility index (Phi) is 6.96. The molecule has 1 rings (SSSR count). The predicted octanol–water partition coefficient (Wildman–Crippen LogP) is 1.58. The van der Waals surface area contributed by atoms with E-state index >= 15 is 0 Å². The number of nitrogens with zero attached hydrogens (tertiary/aromatic N) is 1. The van der Waals surface area contributed by atoms with E-state index in [4.69, 9.17) is 5.73 Å². The van der Waals surface area contributed by atoms with Gasteiger partial charge >= 0.3 is 0 Å². The van der Waals surface area contributed by atoms with Gasteiger partial charge < -0.3 is 5.73 Å². The van der Waals surface area contributed by atoms with Gasteiger partial charge in [0.1, 0.15) is 5.82 Å². The topological polar surface area (TPSA) is 110 Å². The molecule has 0 amide bonds. The van der Waals surface area contributed by atoms with Gasteiger partial charge in [0.05, 0.1) is 16.3 Å². The number of sulfonamides is 2. The molecular formula is C15H26FN3O4S2. The van der Waals surface area contributed by atoms with Gasteiger partial charge in [-0.05, 0) is 36.6 Å². The Morgan fingerprint density at radius 1 is 1.24 bits per heavy atom. The van der Waals surface area contributed by atoms with E-state index < -0.39 is 31.3 Å². The molecule has 0 radical (unpaired) electrons. The van der Waals surface area contributed by atoms with Gasteiger partial charge in [0, 0.05) is 13.6 Å². The van der Waals surface area contributed by atoms with Crippen LogP contribution in [0.3, 0.4) is 0 Å². The molecule has 10 heteroatoms. The van der Waals surface area contributed by atoms with Crippen LogP contribution in [-0.2, 0) is 20.0 Å². The molecule has 0 atom stereocenters. The normalized spacial score (nSPS) is 13.2. The second-order valence-corrected chi connectivity index (χ2v) is 10.6. The molecular weight excluding hydrogens is 369 g/mol. The first-order chi connectivity index (χ1) is 11.3. The SMILES string of the molecule is CCCS(=O)(=O)Nc1ccc(S(=O)(=O)N(C)CC(C)(C)CN)cc1F. The molecule has 0 unspecified atom stereocenters. The first-order valence-electron chi connectivity index (χ1n) is 7.81. The predicted molar refractivity (Wildman–Crippen MR) is 96.8 cm³/mol. The zero-order chi connectivity index (χ0) is 19.5. The Hall–Kier alpha value is -1.23. The van der Waals surface area contributed by atoms with Crippen molar-refractivity contribution in [1.29, 1.82) is 0 Å². The smallest absolute Gasteiger partial charge is 0.242 e. The zero-order valence-corrected chi connectivity index (χ0v) is 16.5. The van der Waals surface area contributed by atoms with E-state index in [1.54, 1.807) is 6.92 Å².